The molecule has 0 saturated carbocycles. The number of phenols is 2. The SMILES string of the molecule is C=C(C(=O)c1cc(OC)c(O)c(OC)c1)[C@@H](CO)C(=O)c1cc(OC)c(O)c(OC)c1. The Hall–Kier alpha value is -3.72. The number of aliphatic hydroxyl groups is 1. The maximum absolute atomic E-state index is 13.0. The van der Waals surface area contributed by atoms with Crippen molar-refractivity contribution in [3.8, 4) is 34.5 Å². The minimum Gasteiger partial charge on any atom is -0.502 e. The molecule has 2 aromatic carbocycles. The first-order valence-corrected chi connectivity index (χ1v) is 9.02. The number of carbonyl (C=O) groups excluding carboxylic acids is 2. The van der Waals surface area contributed by atoms with Crippen LogP contribution >= 0.6 is 0 Å². The fourth-order valence-electron chi connectivity index (χ4n) is 2.96. The molecular formula is C22H24O9. The number of benzene rings is 2. The van der Waals surface area contributed by atoms with E-state index in [1.54, 1.807) is 0 Å². The van der Waals surface area contributed by atoms with Crippen molar-refractivity contribution in [1.82, 2.24) is 0 Å². The minimum atomic E-state index is -1.28. The van der Waals surface area contributed by atoms with Crippen LogP contribution in [0.1, 0.15) is 20.7 Å². The summed E-state index contributed by atoms with van der Waals surface area (Å²) in [6, 6.07) is 5.09. The fourth-order valence-corrected chi connectivity index (χ4v) is 2.96. The monoisotopic (exact) mass is 432 g/mol. The summed E-state index contributed by atoms with van der Waals surface area (Å²) in [5.41, 5.74) is -0.0997. The third-order valence-corrected chi connectivity index (χ3v) is 4.72. The highest BCUT2D eigenvalue weighted by atomic mass is 16.5. The maximum atomic E-state index is 13.0. The predicted molar refractivity (Wildman–Crippen MR) is 111 cm³/mol. The van der Waals surface area contributed by atoms with Crippen LogP contribution < -0.4 is 18.9 Å². The van der Waals surface area contributed by atoms with Gasteiger partial charge in [-0.15, -0.1) is 0 Å². The van der Waals surface area contributed by atoms with Gasteiger partial charge >= 0.3 is 0 Å². The first kappa shape index (κ1) is 23.6. The molecule has 9 nitrogen and oxygen atoms in total. The Morgan fingerprint density at radius 3 is 1.48 bits per heavy atom. The molecule has 166 valence electrons. The third-order valence-electron chi connectivity index (χ3n) is 4.72. The molecule has 0 aliphatic carbocycles. The zero-order chi connectivity index (χ0) is 23.3. The second-order valence-corrected chi connectivity index (χ2v) is 6.41. The molecule has 0 fully saturated rings. The largest absolute Gasteiger partial charge is 0.502 e. The standard InChI is InChI=1S/C22H24O9/c1-11(19(24)12-6-15(28-2)21(26)16(7-12)29-3)14(10-23)20(25)13-8-17(30-4)22(27)18(9-13)31-5/h6-9,14,23,26-27H,1,10H2,2-5H3/t14-/m1/s1. The first-order valence-electron chi connectivity index (χ1n) is 9.02. The normalized spacial score (nSPS) is 11.4. The van der Waals surface area contributed by atoms with Crippen molar-refractivity contribution in [3.63, 3.8) is 0 Å². The molecule has 0 aromatic heterocycles. The molecule has 0 amide bonds. The van der Waals surface area contributed by atoms with Crippen LogP contribution in [0.3, 0.4) is 0 Å². The van der Waals surface area contributed by atoms with E-state index in [9.17, 15) is 24.9 Å². The van der Waals surface area contributed by atoms with Gasteiger partial charge in [-0.25, -0.2) is 0 Å². The van der Waals surface area contributed by atoms with Gasteiger partial charge in [0.05, 0.1) is 41.0 Å². The zero-order valence-corrected chi connectivity index (χ0v) is 17.6. The highest BCUT2D eigenvalue weighted by Gasteiger charge is 2.29. The van der Waals surface area contributed by atoms with Crippen molar-refractivity contribution >= 4 is 11.6 Å². The maximum Gasteiger partial charge on any atom is 0.200 e. The number of aromatic hydroxyl groups is 2. The number of phenolic OH excluding ortho intramolecular Hbond substituents is 2. The lowest BCUT2D eigenvalue weighted by Crippen LogP contribution is -2.25. The number of rotatable bonds is 10. The summed E-state index contributed by atoms with van der Waals surface area (Å²) < 4.78 is 20.2. The lowest BCUT2D eigenvalue weighted by Gasteiger charge is -2.18. The summed E-state index contributed by atoms with van der Waals surface area (Å²) in [6.07, 6.45) is 0. The van der Waals surface area contributed by atoms with Gasteiger partial charge in [0.2, 0.25) is 11.5 Å². The van der Waals surface area contributed by atoms with Crippen molar-refractivity contribution in [2.45, 2.75) is 0 Å². The van der Waals surface area contributed by atoms with Crippen molar-refractivity contribution in [2.75, 3.05) is 35.0 Å². The lowest BCUT2D eigenvalue weighted by molar-refractivity contribution is 0.0858. The molecule has 9 heteroatoms. The zero-order valence-electron chi connectivity index (χ0n) is 17.6. The summed E-state index contributed by atoms with van der Waals surface area (Å²) in [4.78, 5) is 26.0. The molecule has 0 radical (unpaired) electrons. The molecular weight excluding hydrogens is 408 g/mol. The van der Waals surface area contributed by atoms with E-state index in [-0.39, 0.29) is 51.2 Å². The second-order valence-electron chi connectivity index (χ2n) is 6.41. The third kappa shape index (κ3) is 4.56. The molecule has 0 spiro atoms. The fraction of sp³-hybridized carbons (Fsp3) is 0.273. The van der Waals surface area contributed by atoms with Crippen molar-refractivity contribution < 1.29 is 43.9 Å². The Morgan fingerprint density at radius 2 is 1.16 bits per heavy atom. The minimum absolute atomic E-state index is 0.00428. The number of ketones is 2. The van der Waals surface area contributed by atoms with Gasteiger partial charge in [-0.2, -0.15) is 0 Å². The average Bonchev–Trinajstić information content (AvgIpc) is 2.79. The van der Waals surface area contributed by atoms with E-state index in [0.29, 0.717) is 0 Å². The number of hydrogen-bond donors (Lipinski definition) is 3. The first-order chi connectivity index (χ1) is 14.7. The smallest absolute Gasteiger partial charge is 0.200 e. The van der Waals surface area contributed by atoms with E-state index in [0.717, 1.165) is 0 Å². The molecule has 31 heavy (non-hydrogen) atoms. The highest BCUT2D eigenvalue weighted by molar-refractivity contribution is 6.14. The quantitative estimate of drug-likeness (QED) is 0.382. The van der Waals surface area contributed by atoms with E-state index in [1.165, 1.54) is 52.7 Å². The van der Waals surface area contributed by atoms with Crippen LogP contribution in [-0.2, 0) is 0 Å². The number of ether oxygens (including phenoxy) is 4. The predicted octanol–water partition coefficient (Wildman–Crippen LogP) is 2.36. The number of hydrogen-bond acceptors (Lipinski definition) is 9. The summed E-state index contributed by atoms with van der Waals surface area (Å²) in [5.74, 6) is -3.17. The molecule has 0 bridgehead atoms. The molecule has 0 aliphatic rings. The molecule has 2 rings (SSSR count). The van der Waals surface area contributed by atoms with E-state index >= 15 is 0 Å². The van der Waals surface area contributed by atoms with E-state index in [2.05, 4.69) is 6.58 Å². The van der Waals surface area contributed by atoms with Crippen LogP contribution in [0, 0.1) is 5.92 Å². The van der Waals surface area contributed by atoms with Gasteiger partial charge in [0.25, 0.3) is 0 Å². The molecule has 0 heterocycles. The van der Waals surface area contributed by atoms with Gasteiger partial charge < -0.3 is 34.3 Å². The Kier molecular flexibility index (Phi) is 7.49. The van der Waals surface area contributed by atoms with Crippen molar-refractivity contribution in [1.29, 1.82) is 0 Å². The summed E-state index contributed by atoms with van der Waals surface area (Å²) in [5, 5.41) is 29.9. The highest BCUT2D eigenvalue weighted by Crippen LogP contribution is 2.39. The molecule has 2 aromatic rings. The topological polar surface area (TPSA) is 132 Å². The van der Waals surface area contributed by atoms with Crippen LogP contribution in [0.2, 0.25) is 0 Å². The van der Waals surface area contributed by atoms with Gasteiger partial charge in [0.15, 0.2) is 34.6 Å². The Morgan fingerprint density at radius 1 is 0.806 bits per heavy atom. The Bertz CT molecular complexity index is 960. The van der Waals surface area contributed by atoms with Gasteiger partial charge in [0.1, 0.15) is 0 Å². The van der Waals surface area contributed by atoms with Crippen molar-refractivity contribution in [3.05, 3.63) is 47.5 Å². The van der Waals surface area contributed by atoms with Crippen LogP contribution in [0.25, 0.3) is 0 Å². The molecule has 0 unspecified atom stereocenters. The van der Waals surface area contributed by atoms with Gasteiger partial charge in [-0.05, 0) is 24.3 Å². The average molecular weight is 432 g/mol. The van der Waals surface area contributed by atoms with Crippen LogP contribution in [0.5, 0.6) is 34.5 Å². The second kappa shape index (κ2) is 9.86. The van der Waals surface area contributed by atoms with Gasteiger partial charge in [-0.3, -0.25) is 9.59 Å². The number of Topliss-reactive ketones (excluding diaryl/α,β-unsaturated/α-hetero) is 2. The summed E-state index contributed by atoms with van der Waals surface area (Å²) in [7, 11) is 5.23. The number of aliphatic hydroxyl groups excluding tert-OH is 1. The van der Waals surface area contributed by atoms with E-state index < -0.39 is 24.1 Å². The summed E-state index contributed by atoms with van der Waals surface area (Å²) in [6.45, 7) is 3.01. The van der Waals surface area contributed by atoms with Crippen LogP contribution in [-0.4, -0.2) is 61.9 Å². The molecule has 1 atom stereocenters. The molecule has 0 aliphatic heterocycles. The van der Waals surface area contributed by atoms with Gasteiger partial charge in [-0.1, -0.05) is 6.58 Å². The van der Waals surface area contributed by atoms with Crippen molar-refractivity contribution in [2.24, 2.45) is 5.92 Å². The summed E-state index contributed by atoms with van der Waals surface area (Å²) >= 11 is 0. The lowest BCUT2D eigenvalue weighted by atomic mass is 9.87. The molecule has 3 N–H and O–H groups in total. The van der Waals surface area contributed by atoms with Gasteiger partial charge in [0, 0.05) is 16.7 Å². The Balaban J connectivity index is 2.44. The molecule has 0 saturated heterocycles. The Labute approximate surface area is 179 Å². The van der Waals surface area contributed by atoms with Crippen LogP contribution in [0.4, 0.5) is 0 Å². The van der Waals surface area contributed by atoms with E-state index in [4.69, 9.17) is 18.9 Å². The number of carbonyl (C=O) groups is 2. The van der Waals surface area contributed by atoms with E-state index in [1.807, 2.05) is 0 Å². The van der Waals surface area contributed by atoms with Crippen LogP contribution in [0.15, 0.2) is 36.4 Å². The number of methoxy groups -OCH3 is 4.